The van der Waals surface area contributed by atoms with Gasteiger partial charge in [0.2, 0.25) is 0 Å². The molecule has 1 aliphatic heterocycles. The van der Waals surface area contributed by atoms with Crippen molar-refractivity contribution in [2.75, 3.05) is 12.4 Å². The number of hydrogen-bond acceptors (Lipinski definition) is 3. The SMILES string of the molecule is CCOC(=O)c1ccc(/C=C(\C)c2ccc3c(c2)SCCC3(C)C)cc1. The summed E-state index contributed by atoms with van der Waals surface area (Å²) >= 11 is 1.96. The second-order valence-corrected chi connectivity index (χ2v) is 8.50. The lowest BCUT2D eigenvalue weighted by Crippen LogP contribution is -2.22. The van der Waals surface area contributed by atoms with Gasteiger partial charge < -0.3 is 4.74 Å². The minimum Gasteiger partial charge on any atom is -0.462 e. The van der Waals surface area contributed by atoms with Gasteiger partial charge in [-0.15, -0.1) is 11.8 Å². The van der Waals surface area contributed by atoms with Crippen LogP contribution in [-0.4, -0.2) is 18.3 Å². The van der Waals surface area contributed by atoms with E-state index in [2.05, 4.69) is 45.0 Å². The molecule has 0 bridgehead atoms. The molecule has 3 heteroatoms. The molecule has 0 fully saturated rings. The average Bonchev–Trinajstić information content (AvgIpc) is 2.62. The van der Waals surface area contributed by atoms with E-state index < -0.39 is 0 Å². The number of fused-ring (bicyclic) bond motifs is 1. The molecular formula is C23H26O2S. The maximum absolute atomic E-state index is 11.7. The molecule has 26 heavy (non-hydrogen) atoms. The Bertz CT molecular complexity index is 832. The van der Waals surface area contributed by atoms with Crippen LogP contribution in [0.1, 0.15) is 61.2 Å². The van der Waals surface area contributed by atoms with Crippen LogP contribution >= 0.6 is 11.8 Å². The van der Waals surface area contributed by atoms with Gasteiger partial charge in [-0.25, -0.2) is 4.79 Å². The minimum atomic E-state index is -0.269. The first-order valence-electron chi connectivity index (χ1n) is 9.14. The standard InChI is InChI=1S/C23H26O2S/c1-5-25-22(24)18-8-6-17(7-9-18)14-16(2)19-10-11-20-21(15-19)26-13-12-23(20,3)4/h6-11,14-15H,5,12-13H2,1-4H3/b16-14+. The lowest BCUT2D eigenvalue weighted by atomic mass is 9.81. The van der Waals surface area contributed by atoms with E-state index in [-0.39, 0.29) is 11.4 Å². The molecule has 2 aromatic carbocycles. The Morgan fingerprint density at radius 1 is 1.15 bits per heavy atom. The third-order valence-corrected chi connectivity index (χ3v) is 6.01. The number of rotatable bonds is 4. The van der Waals surface area contributed by atoms with Gasteiger partial charge in [0.1, 0.15) is 0 Å². The molecule has 0 N–H and O–H groups in total. The largest absolute Gasteiger partial charge is 0.462 e. The first-order chi connectivity index (χ1) is 12.4. The smallest absolute Gasteiger partial charge is 0.338 e. The first-order valence-corrected chi connectivity index (χ1v) is 10.1. The van der Waals surface area contributed by atoms with Crippen molar-refractivity contribution < 1.29 is 9.53 Å². The summed E-state index contributed by atoms with van der Waals surface area (Å²) in [4.78, 5) is 13.2. The van der Waals surface area contributed by atoms with Crippen LogP contribution in [-0.2, 0) is 10.2 Å². The molecule has 0 amide bonds. The Labute approximate surface area is 160 Å². The van der Waals surface area contributed by atoms with Gasteiger partial charge in [-0.3, -0.25) is 0 Å². The van der Waals surface area contributed by atoms with Gasteiger partial charge in [0.15, 0.2) is 0 Å². The molecule has 0 spiro atoms. The molecule has 3 rings (SSSR count). The number of esters is 1. The van der Waals surface area contributed by atoms with E-state index in [0.29, 0.717) is 12.2 Å². The van der Waals surface area contributed by atoms with Crippen molar-refractivity contribution in [2.24, 2.45) is 0 Å². The van der Waals surface area contributed by atoms with Crippen LogP contribution in [0.4, 0.5) is 0 Å². The molecule has 2 nitrogen and oxygen atoms in total. The summed E-state index contributed by atoms with van der Waals surface area (Å²) < 4.78 is 5.03. The summed E-state index contributed by atoms with van der Waals surface area (Å²) in [5.41, 5.74) is 5.88. The van der Waals surface area contributed by atoms with E-state index in [4.69, 9.17) is 4.74 Å². The van der Waals surface area contributed by atoms with Crippen molar-refractivity contribution in [3.05, 3.63) is 64.7 Å². The van der Waals surface area contributed by atoms with E-state index in [1.54, 1.807) is 0 Å². The number of ether oxygens (including phenoxy) is 1. The highest BCUT2D eigenvalue weighted by Crippen LogP contribution is 2.42. The Kier molecular flexibility index (Phi) is 5.57. The zero-order valence-electron chi connectivity index (χ0n) is 16.0. The van der Waals surface area contributed by atoms with Gasteiger partial charge in [-0.2, -0.15) is 0 Å². The van der Waals surface area contributed by atoms with Crippen molar-refractivity contribution >= 4 is 29.4 Å². The average molecular weight is 367 g/mol. The zero-order chi connectivity index (χ0) is 18.7. The van der Waals surface area contributed by atoms with E-state index in [1.807, 2.05) is 43.0 Å². The number of benzene rings is 2. The molecule has 0 unspecified atom stereocenters. The highest BCUT2D eigenvalue weighted by atomic mass is 32.2. The fourth-order valence-electron chi connectivity index (χ4n) is 3.26. The van der Waals surface area contributed by atoms with Crippen molar-refractivity contribution in [1.29, 1.82) is 0 Å². The summed E-state index contributed by atoms with van der Waals surface area (Å²) in [6.45, 7) is 9.01. The summed E-state index contributed by atoms with van der Waals surface area (Å²) in [6, 6.07) is 14.4. The molecule has 2 aromatic rings. The molecule has 136 valence electrons. The Morgan fingerprint density at radius 2 is 1.85 bits per heavy atom. The fraction of sp³-hybridized carbons (Fsp3) is 0.348. The van der Waals surface area contributed by atoms with E-state index in [9.17, 15) is 4.79 Å². The fourth-order valence-corrected chi connectivity index (χ4v) is 4.80. The van der Waals surface area contributed by atoms with Crippen molar-refractivity contribution in [3.63, 3.8) is 0 Å². The molecule has 0 saturated heterocycles. The second kappa shape index (κ2) is 7.71. The van der Waals surface area contributed by atoms with Gasteiger partial charge in [-0.1, -0.05) is 44.2 Å². The molecule has 1 heterocycles. The number of thioether (sulfide) groups is 1. The monoisotopic (exact) mass is 366 g/mol. The quantitative estimate of drug-likeness (QED) is 0.476. The number of allylic oxidation sites excluding steroid dienone is 1. The van der Waals surface area contributed by atoms with Crippen LogP contribution in [0.5, 0.6) is 0 Å². The van der Waals surface area contributed by atoms with Gasteiger partial charge in [-0.05, 0) is 71.9 Å². The summed E-state index contributed by atoms with van der Waals surface area (Å²) in [6.07, 6.45) is 3.39. The molecule has 0 aliphatic carbocycles. The molecule has 0 aromatic heterocycles. The van der Waals surface area contributed by atoms with Crippen LogP contribution in [0.3, 0.4) is 0 Å². The van der Waals surface area contributed by atoms with Crippen LogP contribution in [0.2, 0.25) is 0 Å². The second-order valence-electron chi connectivity index (χ2n) is 7.36. The third kappa shape index (κ3) is 4.04. The van der Waals surface area contributed by atoms with E-state index >= 15 is 0 Å². The summed E-state index contributed by atoms with van der Waals surface area (Å²) in [5, 5.41) is 0. The zero-order valence-corrected chi connectivity index (χ0v) is 16.8. The van der Waals surface area contributed by atoms with Crippen LogP contribution in [0.25, 0.3) is 11.6 Å². The third-order valence-electron chi connectivity index (χ3n) is 4.96. The number of carbonyl (C=O) groups excluding carboxylic acids is 1. The number of carbonyl (C=O) groups is 1. The minimum absolute atomic E-state index is 0.264. The number of hydrogen-bond donors (Lipinski definition) is 0. The highest BCUT2D eigenvalue weighted by molar-refractivity contribution is 7.99. The first kappa shape index (κ1) is 18.8. The maximum Gasteiger partial charge on any atom is 0.338 e. The lowest BCUT2D eigenvalue weighted by Gasteiger charge is -2.32. The van der Waals surface area contributed by atoms with Crippen molar-refractivity contribution in [2.45, 2.75) is 44.4 Å². The van der Waals surface area contributed by atoms with Crippen LogP contribution in [0.15, 0.2) is 47.4 Å². The van der Waals surface area contributed by atoms with Crippen LogP contribution < -0.4 is 0 Å². The summed E-state index contributed by atoms with van der Waals surface area (Å²) in [7, 11) is 0. The van der Waals surface area contributed by atoms with Gasteiger partial charge in [0, 0.05) is 4.90 Å². The highest BCUT2D eigenvalue weighted by Gasteiger charge is 2.27. The predicted molar refractivity (Wildman–Crippen MR) is 111 cm³/mol. The molecule has 0 saturated carbocycles. The Balaban J connectivity index is 1.83. The van der Waals surface area contributed by atoms with Crippen molar-refractivity contribution in [1.82, 2.24) is 0 Å². The summed E-state index contributed by atoms with van der Waals surface area (Å²) in [5.74, 6) is 0.913. The van der Waals surface area contributed by atoms with Gasteiger partial charge >= 0.3 is 5.97 Å². The van der Waals surface area contributed by atoms with Crippen LogP contribution in [0, 0.1) is 0 Å². The molecule has 1 aliphatic rings. The Hall–Kier alpha value is -2.00. The van der Waals surface area contributed by atoms with Gasteiger partial charge in [0.05, 0.1) is 12.2 Å². The lowest BCUT2D eigenvalue weighted by molar-refractivity contribution is 0.0526. The van der Waals surface area contributed by atoms with E-state index in [1.165, 1.54) is 33.8 Å². The Morgan fingerprint density at radius 3 is 2.54 bits per heavy atom. The molecular weight excluding hydrogens is 340 g/mol. The predicted octanol–water partition coefficient (Wildman–Crippen LogP) is 6.20. The topological polar surface area (TPSA) is 26.3 Å². The van der Waals surface area contributed by atoms with E-state index in [0.717, 1.165) is 5.56 Å². The van der Waals surface area contributed by atoms with Crippen molar-refractivity contribution in [3.8, 4) is 0 Å². The normalized spacial score (nSPS) is 16.1. The van der Waals surface area contributed by atoms with Gasteiger partial charge in [0.25, 0.3) is 0 Å². The maximum atomic E-state index is 11.7. The molecule has 0 atom stereocenters. The molecule has 0 radical (unpaired) electrons.